The van der Waals surface area contributed by atoms with Crippen molar-refractivity contribution in [3.8, 4) is 11.1 Å². The van der Waals surface area contributed by atoms with Gasteiger partial charge in [-0.2, -0.15) is 0 Å². The number of aryl methyl sites for hydroxylation is 1. The molecular formula is C22H25FN6O. The quantitative estimate of drug-likeness (QED) is 0.531. The van der Waals surface area contributed by atoms with Crippen LogP contribution in [0.1, 0.15) is 38.6 Å². The van der Waals surface area contributed by atoms with E-state index in [4.69, 9.17) is 4.74 Å². The lowest BCUT2D eigenvalue weighted by atomic mass is 9.89. The maximum absolute atomic E-state index is 14.9. The fourth-order valence-electron chi connectivity index (χ4n) is 4.35. The summed E-state index contributed by atoms with van der Waals surface area (Å²) in [4.78, 5) is 8.90. The van der Waals surface area contributed by atoms with Crippen LogP contribution >= 0.6 is 0 Å². The molecular weight excluding hydrogens is 383 g/mol. The van der Waals surface area contributed by atoms with Crippen molar-refractivity contribution in [3.63, 3.8) is 0 Å². The third kappa shape index (κ3) is 3.02. The van der Waals surface area contributed by atoms with Crippen LogP contribution in [0.5, 0.6) is 0 Å². The van der Waals surface area contributed by atoms with Crippen molar-refractivity contribution in [2.24, 2.45) is 0 Å². The molecule has 0 aliphatic heterocycles. The molecule has 1 fully saturated rings. The standard InChI is InChI=1S/C22H25FN6O/c1-12(2)29-13(3)25-21-18(23)7-14(8-19(21)29)17-5-6-28-20(17)11-24-22(27-28)26-15-9-16(10-15)30-4/h5-8,11-12,15-16H,9-10H2,1-4H3,(H,26,27)/t15-,16+. The van der Waals surface area contributed by atoms with Gasteiger partial charge in [-0.15, -0.1) is 5.10 Å². The van der Waals surface area contributed by atoms with Gasteiger partial charge in [-0.05, 0) is 57.4 Å². The Hall–Kier alpha value is -3.00. The summed E-state index contributed by atoms with van der Waals surface area (Å²) >= 11 is 0. The second-order valence-corrected chi connectivity index (χ2v) is 8.26. The van der Waals surface area contributed by atoms with Crippen molar-refractivity contribution in [1.82, 2.24) is 24.1 Å². The predicted molar refractivity (Wildman–Crippen MR) is 114 cm³/mol. The summed E-state index contributed by atoms with van der Waals surface area (Å²) in [6, 6.07) is 6.01. The average Bonchev–Trinajstić information content (AvgIpc) is 3.24. The smallest absolute Gasteiger partial charge is 0.241 e. The van der Waals surface area contributed by atoms with Gasteiger partial charge in [0.2, 0.25) is 5.95 Å². The minimum absolute atomic E-state index is 0.191. The highest BCUT2D eigenvalue weighted by Gasteiger charge is 2.29. The maximum Gasteiger partial charge on any atom is 0.241 e. The van der Waals surface area contributed by atoms with Gasteiger partial charge in [-0.25, -0.2) is 18.9 Å². The molecule has 0 radical (unpaired) electrons. The van der Waals surface area contributed by atoms with Gasteiger partial charge in [-0.3, -0.25) is 0 Å². The van der Waals surface area contributed by atoms with E-state index < -0.39 is 0 Å². The normalized spacial score (nSPS) is 19.0. The molecule has 0 spiro atoms. The van der Waals surface area contributed by atoms with Crippen LogP contribution in [0.3, 0.4) is 0 Å². The molecule has 30 heavy (non-hydrogen) atoms. The number of hydrogen-bond donors (Lipinski definition) is 1. The molecule has 1 aliphatic carbocycles. The molecule has 0 bridgehead atoms. The number of fused-ring (bicyclic) bond motifs is 2. The molecule has 156 valence electrons. The van der Waals surface area contributed by atoms with Crippen molar-refractivity contribution < 1.29 is 9.13 Å². The second kappa shape index (κ2) is 7.05. The lowest BCUT2D eigenvalue weighted by Gasteiger charge is -2.34. The monoisotopic (exact) mass is 408 g/mol. The number of methoxy groups -OCH3 is 1. The Morgan fingerprint density at radius 1 is 1.23 bits per heavy atom. The number of nitrogens with zero attached hydrogens (tertiary/aromatic N) is 5. The number of aromatic nitrogens is 5. The number of rotatable bonds is 5. The summed E-state index contributed by atoms with van der Waals surface area (Å²) in [6.07, 6.45) is 5.89. The second-order valence-electron chi connectivity index (χ2n) is 8.26. The summed E-state index contributed by atoms with van der Waals surface area (Å²) in [5.41, 5.74) is 3.71. The molecule has 0 unspecified atom stereocenters. The summed E-state index contributed by atoms with van der Waals surface area (Å²) < 4.78 is 24.0. The van der Waals surface area contributed by atoms with Crippen molar-refractivity contribution in [3.05, 3.63) is 42.2 Å². The van der Waals surface area contributed by atoms with E-state index in [2.05, 4.69) is 38.8 Å². The van der Waals surface area contributed by atoms with Crippen molar-refractivity contribution in [2.75, 3.05) is 12.4 Å². The van der Waals surface area contributed by atoms with E-state index in [0.29, 0.717) is 23.6 Å². The molecule has 0 amide bonds. The number of ether oxygens (including phenoxy) is 1. The van der Waals surface area contributed by atoms with Gasteiger partial charge in [0.15, 0.2) is 5.82 Å². The molecule has 3 aromatic heterocycles. The van der Waals surface area contributed by atoms with E-state index in [1.54, 1.807) is 23.9 Å². The Bertz CT molecular complexity index is 1240. The molecule has 0 saturated heterocycles. The first-order valence-electron chi connectivity index (χ1n) is 10.3. The van der Waals surface area contributed by atoms with Gasteiger partial charge in [0, 0.05) is 31.0 Å². The fraction of sp³-hybridized carbons (Fsp3) is 0.409. The Morgan fingerprint density at radius 3 is 2.77 bits per heavy atom. The zero-order chi connectivity index (χ0) is 21.0. The highest BCUT2D eigenvalue weighted by molar-refractivity contribution is 5.88. The van der Waals surface area contributed by atoms with Crippen LogP contribution in [0, 0.1) is 12.7 Å². The van der Waals surface area contributed by atoms with Gasteiger partial charge < -0.3 is 14.6 Å². The third-order valence-electron chi connectivity index (χ3n) is 5.93. The number of nitrogens with one attached hydrogen (secondary N) is 1. The average molecular weight is 408 g/mol. The highest BCUT2D eigenvalue weighted by atomic mass is 19.1. The molecule has 4 aromatic rings. The Morgan fingerprint density at radius 2 is 2.03 bits per heavy atom. The molecule has 5 rings (SSSR count). The van der Waals surface area contributed by atoms with Crippen LogP contribution < -0.4 is 5.32 Å². The minimum atomic E-state index is -0.318. The van der Waals surface area contributed by atoms with E-state index in [9.17, 15) is 4.39 Å². The largest absolute Gasteiger partial charge is 0.381 e. The SMILES string of the molecule is CO[C@H]1C[C@@H](Nc2ncc3c(-c4cc(F)c5nc(C)n(C(C)C)c5c4)ccn3n2)C1. The number of benzene rings is 1. The Kier molecular flexibility index (Phi) is 4.47. The first-order valence-corrected chi connectivity index (χ1v) is 10.3. The van der Waals surface area contributed by atoms with Crippen LogP contribution in [0.2, 0.25) is 0 Å². The van der Waals surface area contributed by atoms with Gasteiger partial charge in [0.25, 0.3) is 0 Å². The maximum atomic E-state index is 14.9. The van der Waals surface area contributed by atoms with Crippen LogP contribution in [-0.4, -0.2) is 43.4 Å². The number of imidazole rings is 1. The van der Waals surface area contributed by atoms with E-state index in [0.717, 1.165) is 40.8 Å². The molecule has 0 atom stereocenters. The third-order valence-corrected chi connectivity index (χ3v) is 5.93. The van der Waals surface area contributed by atoms with E-state index in [1.807, 2.05) is 25.3 Å². The summed E-state index contributed by atoms with van der Waals surface area (Å²) in [6.45, 7) is 6.06. The van der Waals surface area contributed by atoms with E-state index in [1.165, 1.54) is 0 Å². The molecule has 8 heteroatoms. The summed E-state index contributed by atoms with van der Waals surface area (Å²) in [5.74, 6) is 1.07. The predicted octanol–water partition coefficient (Wildman–Crippen LogP) is 4.36. The van der Waals surface area contributed by atoms with E-state index in [-0.39, 0.29) is 11.9 Å². The van der Waals surface area contributed by atoms with Crippen molar-refractivity contribution in [1.29, 1.82) is 0 Å². The number of hydrogen-bond acceptors (Lipinski definition) is 5. The Balaban J connectivity index is 1.52. The zero-order valence-electron chi connectivity index (χ0n) is 17.6. The van der Waals surface area contributed by atoms with Gasteiger partial charge in [0.05, 0.1) is 23.3 Å². The van der Waals surface area contributed by atoms with Gasteiger partial charge in [0.1, 0.15) is 11.3 Å². The topological polar surface area (TPSA) is 69.3 Å². The van der Waals surface area contributed by atoms with Crippen LogP contribution in [-0.2, 0) is 4.74 Å². The minimum Gasteiger partial charge on any atom is -0.381 e. The zero-order valence-corrected chi connectivity index (χ0v) is 17.6. The molecule has 1 N–H and O–H groups in total. The Labute approximate surface area is 173 Å². The van der Waals surface area contributed by atoms with Crippen molar-refractivity contribution in [2.45, 2.75) is 51.8 Å². The lowest BCUT2D eigenvalue weighted by Crippen LogP contribution is -2.40. The summed E-state index contributed by atoms with van der Waals surface area (Å²) in [7, 11) is 1.74. The van der Waals surface area contributed by atoms with Crippen LogP contribution in [0.15, 0.2) is 30.6 Å². The molecule has 1 saturated carbocycles. The van der Waals surface area contributed by atoms with Gasteiger partial charge >= 0.3 is 0 Å². The van der Waals surface area contributed by atoms with E-state index >= 15 is 0 Å². The molecule has 3 heterocycles. The first-order chi connectivity index (χ1) is 14.4. The molecule has 1 aromatic carbocycles. The number of anilines is 1. The summed E-state index contributed by atoms with van der Waals surface area (Å²) in [5, 5.41) is 7.92. The molecule has 7 nitrogen and oxygen atoms in total. The molecule has 1 aliphatic rings. The van der Waals surface area contributed by atoms with Crippen LogP contribution in [0.4, 0.5) is 10.3 Å². The van der Waals surface area contributed by atoms with Gasteiger partial charge in [-0.1, -0.05) is 0 Å². The van der Waals surface area contributed by atoms with Crippen molar-refractivity contribution >= 4 is 22.5 Å². The first kappa shape index (κ1) is 19.0. The highest BCUT2D eigenvalue weighted by Crippen LogP contribution is 2.32. The van der Waals surface area contributed by atoms with Crippen LogP contribution in [0.25, 0.3) is 27.7 Å². The number of halogens is 1. The lowest BCUT2D eigenvalue weighted by molar-refractivity contribution is 0.0326. The fourth-order valence-corrected chi connectivity index (χ4v) is 4.35.